The molecule has 1 aromatic heterocycles. The van der Waals surface area contributed by atoms with Crippen molar-refractivity contribution in [2.45, 2.75) is 0 Å². The molecule has 0 fully saturated rings. The lowest BCUT2D eigenvalue weighted by Crippen LogP contribution is -2.16. The van der Waals surface area contributed by atoms with E-state index in [1.165, 1.54) is 18.2 Å². The van der Waals surface area contributed by atoms with Crippen molar-refractivity contribution in [3.63, 3.8) is 0 Å². The highest BCUT2D eigenvalue weighted by Crippen LogP contribution is 2.13. The standard InChI is InChI=1S/C15H12N2O3/c16-15(19)20-13-6-4-12(5-7-13)14(18)8-3-11-2-1-9-17-10-11/h1-10H,(H2,16,19). The number of benzene rings is 1. The Morgan fingerprint density at radius 1 is 1.15 bits per heavy atom. The molecule has 5 nitrogen and oxygen atoms in total. The van der Waals surface area contributed by atoms with Crippen LogP contribution in [0.1, 0.15) is 15.9 Å². The number of carbonyl (C=O) groups is 2. The highest BCUT2D eigenvalue weighted by atomic mass is 16.5. The third-order valence-corrected chi connectivity index (χ3v) is 2.47. The van der Waals surface area contributed by atoms with Gasteiger partial charge in [-0.1, -0.05) is 6.07 Å². The van der Waals surface area contributed by atoms with Gasteiger partial charge in [-0.3, -0.25) is 9.78 Å². The van der Waals surface area contributed by atoms with Crippen LogP contribution in [0.4, 0.5) is 4.79 Å². The first kappa shape index (κ1) is 13.5. The van der Waals surface area contributed by atoms with Gasteiger partial charge in [0.25, 0.3) is 0 Å². The van der Waals surface area contributed by atoms with Crippen LogP contribution in [0.25, 0.3) is 6.08 Å². The second-order valence-electron chi connectivity index (χ2n) is 3.93. The van der Waals surface area contributed by atoms with Crippen molar-refractivity contribution in [2.24, 2.45) is 5.73 Å². The number of amides is 1. The predicted octanol–water partition coefficient (Wildman–Crippen LogP) is 2.44. The van der Waals surface area contributed by atoms with E-state index in [9.17, 15) is 9.59 Å². The van der Waals surface area contributed by atoms with Crippen LogP contribution in [-0.4, -0.2) is 16.9 Å². The minimum atomic E-state index is -0.888. The van der Waals surface area contributed by atoms with Gasteiger partial charge in [0.2, 0.25) is 0 Å². The summed E-state index contributed by atoms with van der Waals surface area (Å²) in [5.41, 5.74) is 6.22. The van der Waals surface area contributed by atoms with Gasteiger partial charge in [-0.15, -0.1) is 0 Å². The summed E-state index contributed by atoms with van der Waals surface area (Å²) in [6, 6.07) is 9.79. The van der Waals surface area contributed by atoms with Crippen LogP contribution in [0.2, 0.25) is 0 Å². The molecule has 0 spiro atoms. The van der Waals surface area contributed by atoms with Crippen molar-refractivity contribution >= 4 is 18.0 Å². The zero-order valence-corrected chi connectivity index (χ0v) is 10.5. The molecule has 0 radical (unpaired) electrons. The van der Waals surface area contributed by atoms with E-state index in [4.69, 9.17) is 5.73 Å². The molecule has 0 aliphatic rings. The number of nitrogens with two attached hydrogens (primary N) is 1. The van der Waals surface area contributed by atoms with E-state index in [0.29, 0.717) is 11.3 Å². The monoisotopic (exact) mass is 268 g/mol. The van der Waals surface area contributed by atoms with Gasteiger partial charge in [-0.05, 0) is 48.0 Å². The first-order valence-electron chi connectivity index (χ1n) is 5.85. The number of allylic oxidation sites excluding steroid dienone is 1. The normalized spacial score (nSPS) is 10.4. The van der Waals surface area contributed by atoms with Gasteiger partial charge in [0.05, 0.1) is 0 Å². The molecule has 0 saturated carbocycles. The third kappa shape index (κ3) is 3.78. The number of primary amides is 1. The summed E-state index contributed by atoms with van der Waals surface area (Å²) in [6.45, 7) is 0. The molecule has 1 amide bonds. The van der Waals surface area contributed by atoms with E-state index in [1.54, 1.807) is 36.7 Å². The quantitative estimate of drug-likeness (QED) is 0.682. The van der Waals surface area contributed by atoms with E-state index in [-0.39, 0.29) is 5.78 Å². The third-order valence-electron chi connectivity index (χ3n) is 2.47. The molecule has 2 N–H and O–H groups in total. The summed E-state index contributed by atoms with van der Waals surface area (Å²) >= 11 is 0. The number of hydrogen-bond acceptors (Lipinski definition) is 4. The van der Waals surface area contributed by atoms with Crippen LogP contribution in [0.5, 0.6) is 5.75 Å². The second-order valence-corrected chi connectivity index (χ2v) is 3.93. The van der Waals surface area contributed by atoms with E-state index in [0.717, 1.165) is 5.56 Å². The SMILES string of the molecule is NC(=O)Oc1ccc(C(=O)C=Cc2cccnc2)cc1. The molecular weight excluding hydrogens is 256 g/mol. The molecule has 0 bridgehead atoms. The highest BCUT2D eigenvalue weighted by molar-refractivity contribution is 6.06. The molecule has 2 rings (SSSR count). The van der Waals surface area contributed by atoms with Gasteiger partial charge in [0.1, 0.15) is 5.75 Å². The van der Waals surface area contributed by atoms with Crippen LogP contribution < -0.4 is 10.5 Å². The van der Waals surface area contributed by atoms with E-state index < -0.39 is 6.09 Å². The van der Waals surface area contributed by atoms with Gasteiger partial charge >= 0.3 is 6.09 Å². The first-order valence-corrected chi connectivity index (χ1v) is 5.85. The minimum absolute atomic E-state index is 0.153. The lowest BCUT2D eigenvalue weighted by atomic mass is 10.1. The van der Waals surface area contributed by atoms with Crippen LogP contribution >= 0.6 is 0 Å². The molecule has 5 heteroatoms. The maximum absolute atomic E-state index is 11.9. The zero-order valence-electron chi connectivity index (χ0n) is 10.5. The summed E-state index contributed by atoms with van der Waals surface area (Å²) in [4.78, 5) is 26.4. The number of carbonyl (C=O) groups excluding carboxylic acids is 2. The molecular formula is C15H12N2O3. The zero-order chi connectivity index (χ0) is 14.4. The molecule has 0 aliphatic heterocycles. The van der Waals surface area contributed by atoms with E-state index >= 15 is 0 Å². The molecule has 1 aromatic carbocycles. The molecule has 0 unspecified atom stereocenters. The Morgan fingerprint density at radius 2 is 1.90 bits per heavy atom. The number of aromatic nitrogens is 1. The fourth-order valence-electron chi connectivity index (χ4n) is 1.55. The van der Waals surface area contributed by atoms with E-state index in [1.807, 2.05) is 6.07 Å². The van der Waals surface area contributed by atoms with Gasteiger partial charge < -0.3 is 10.5 Å². The molecule has 100 valence electrons. The van der Waals surface area contributed by atoms with Crippen molar-refractivity contribution in [3.8, 4) is 5.75 Å². The van der Waals surface area contributed by atoms with Crippen LogP contribution in [0.15, 0.2) is 54.9 Å². The molecule has 2 aromatic rings. The number of rotatable bonds is 4. The average molecular weight is 268 g/mol. The Kier molecular flexibility index (Phi) is 4.24. The highest BCUT2D eigenvalue weighted by Gasteiger charge is 2.03. The predicted molar refractivity (Wildman–Crippen MR) is 74.3 cm³/mol. The molecule has 0 saturated heterocycles. The topological polar surface area (TPSA) is 82.3 Å². The van der Waals surface area contributed by atoms with Gasteiger partial charge in [-0.25, -0.2) is 4.79 Å². The van der Waals surface area contributed by atoms with Crippen molar-refractivity contribution in [1.29, 1.82) is 0 Å². The van der Waals surface area contributed by atoms with Crippen LogP contribution in [0.3, 0.4) is 0 Å². The summed E-state index contributed by atoms with van der Waals surface area (Å²) in [7, 11) is 0. The second kappa shape index (κ2) is 6.29. The number of ether oxygens (including phenoxy) is 1. The summed E-state index contributed by atoms with van der Waals surface area (Å²) in [5, 5.41) is 0. The fraction of sp³-hybridized carbons (Fsp3) is 0. The summed E-state index contributed by atoms with van der Waals surface area (Å²) in [5.74, 6) is 0.143. The molecule has 1 heterocycles. The Bertz CT molecular complexity index is 634. The number of nitrogens with zero attached hydrogens (tertiary/aromatic N) is 1. The molecule has 0 aliphatic carbocycles. The van der Waals surface area contributed by atoms with Crippen LogP contribution in [0, 0.1) is 0 Å². The van der Waals surface area contributed by atoms with Crippen LogP contribution in [-0.2, 0) is 0 Å². The van der Waals surface area contributed by atoms with Gasteiger partial charge in [-0.2, -0.15) is 0 Å². The number of hydrogen-bond donors (Lipinski definition) is 1. The minimum Gasteiger partial charge on any atom is -0.411 e. The van der Waals surface area contributed by atoms with Gasteiger partial charge in [0, 0.05) is 18.0 Å². The van der Waals surface area contributed by atoms with Crippen molar-refractivity contribution in [2.75, 3.05) is 0 Å². The molecule has 0 atom stereocenters. The Morgan fingerprint density at radius 3 is 2.50 bits per heavy atom. The lowest BCUT2D eigenvalue weighted by Gasteiger charge is -2.01. The smallest absolute Gasteiger partial charge is 0.409 e. The van der Waals surface area contributed by atoms with Gasteiger partial charge in [0.15, 0.2) is 5.78 Å². The first-order chi connectivity index (χ1) is 9.65. The van der Waals surface area contributed by atoms with Crippen molar-refractivity contribution < 1.29 is 14.3 Å². The van der Waals surface area contributed by atoms with Crippen molar-refractivity contribution in [1.82, 2.24) is 4.98 Å². The number of pyridine rings is 1. The Hall–Kier alpha value is -2.95. The molecule has 20 heavy (non-hydrogen) atoms. The summed E-state index contributed by atoms with van der Waals surface area (Å²) in [6.07, 6.45) is 5.58. The largest absolute Gasteiger partial charge is 0.411 e. The Labute approximate surface area is 115 Å². The average Bonchev–Trinajstić information content (AvgIpc) is 2.46. The number of ketones is 1. The fourth-order valence-corrected chi connectivity index (χ4v) is 1.55. The maximum Gasteiger partial charge on any atom is 0.409 e. The lowest BCUT2D eigenvalue weighted by molar-refractivity contribution is 0.104. The Balaban J connectivity index is 2.06. The summed E-state index contributed by atoms with van der Waals surface area (Å²) < 4.78 is 4.68. The maximum atomic E-state index is 11.9. The van der Waals surface area contributed by atoms with E-state index in [2.05, 4.69) is 9.72 Å². The van der Waals surface area contributed by atoms with Crippen molar-refractivity contribution in [3.05, 3.63) is 66.0 Å².